The number of halogens is 1. The fourth-order valence-corrected chi connectivity index (χ4v) is 1.52. The summed E-state index contributed by atoms with van der Waals surface area (Å²) in [6.07, 6.45) is 3.22. The van der Waals surface area contributed by atoms with Gasteiger partial charge in [-0.3, -0.25) is 14.6 Å². The lowest BCUT2D eigenvalue weighted by atomic mass is 10.4. The molecule has 0 unspecified atom stereocenters. The van der Waals surface area contributed by atoms with Gasteiger partial charge in [0.15, 0.2) is 0 Å². The number of nitrogens with one attached hydrogen (secondary N) is 1. The Morgan fingerprint density at radius 2 is 2.43 bits per heavy atom. The van der Waals surface area contributed by atoms with E-state index >= 15 is 0 Å². The minimum atomic E-state index is -0.361. The number of rotatable bonds is 1. The third-order valence-corrected chi connectivity index (χ3v) is 2.33. The number of fused-ring (bicyclic) bond motifs is 1. The maximum absolute atomic E-state index is 11.3. The Morgan fingerprint density at radius 3 is 3.14 bits per heavy atom. The Balaban J connectivity index is 2.64. The van der Waals surface area contributed by atoms with E-state index in [4.69, 9.17) is 5.84 Å². The van der Waals surface area contributed by atoms with Crippen molar-refractivity contribution in [2.24, 2.45) is 5.84 Å². The number of nitrogens with zero attached hydrogens (tertiary/aromatic N) is 2. The zero-order valence-corrected chi connectivity index (χ0v) is 8.65. The van der Waals surface area contributed by atoms with E-state index in [9.17, 15) is 4.79 Å². The van der Waals surface area contributed by atoms with Crippen LogP contribution >= 0.6 is 15.9 Å². The van der Waals surface area contributed by atoms with Gasteiger partial charge >= 0.3 is 0 Å². The molecule has 2 aromatic rings. The van der Waals surface area contributed by atoms with Crippen molar-refractivity contribution >= 4 is 27.5 Å². The van der Waals surface area contributed by atoms with Crippen molar-refractivity contribution in [2.45, 2.75) is 0 Å². The molecular formula is C8H7BrN4O. The van der Waals surface area contributed by atoms with Crippen LogP contribution in [-0.4, -0.2) is 15.3 Å². The molecule has 3 N–H and O–H groups in total. The number of carbonyl (C=O) groups is 1. The highest BCUT2D eigenvalue weighted by Gasteiger charge is 2.09. The third kappa shape index (κ3) is 1.38. The van der Waals surface area contributed by atoms with Crippen LogP contribution in [0.5, 0.6) is 0 Å². The lowest BCUT2D eigenvalue weighted by Crippen LogP contribution is -2.30. The summed E-state index contributed by atoms with van der Waals surface area (Å²) >= 11 is 3.32. The van der Waals surface area contributed by atoms with Crippen LogP contribution < -0.4 is 11.3 Å². The summed E-state index contributed by atoms with van der Waals surface area (Å²) in [5, 5.41) is 0. The predicted molar refractivity (Wildman–Crippen MR) is 54.5 cm³/mol. The number of nitrogen functional groups attached to an aromatic ring is 1. The fraction of sp³-hybridized carbons (Fsp3) is 0. The van der Waals surface area contributed by atoms with Gasteiger partial charge in [-0.1, -0.05) is 15.9 Å². The zero-order valence-electron chi connectivity index (χ0n) is 7.07. The lowest BCUT2D eigenvalue weighted by molar-refractivity contribution is 0.0948. The van der Waals surface area contributed by atoms with Crippen molar-refractivity contribution in [3.05, 3.63) is 34.7 Å². The summed E-state index contributed by atoms with van der Waals surface area (Å²) in [5.41, 5.74) is 3.17. The number of nitrogens with two attached hydrogens (primary N) is 1. The highest BCUT2D eigenvalue weighted by Crippen LogP contribution is 2.13. The Bertz CT molecular complexity index is 493. The first kappa shape index (κ1) is 9.17. The molecule has 2 aromatic heterocycles. The molecule has 72 valence electrons. The van der Waals surface area contributed by atoms with Crippen LogP contribution in [-0.2, 0) is 0 Å². The molecule has 14 heavy (non-hydrogen) atoms. The molecule has 0 aromatic carbocycles. The van der Waals surface area contributed by atoms with Crippen molar-refractivity contribution in [3.63, 3.8) is 0 Å². The first-order valence-electron chi connectivity index (χ1n) is 3.86. The molecular weight excluding hydrogens is 248 g/mol. The summed E-state index contributed by atoms with van der Waals surface area (Å²) in [6.45, 7) is 0. The van der Waals surface area contributed by atoms with E-state index in [0.29, 0.717) is 11.3 Å². The van der Waals surface area contributed by atoms with E-state index in [0.717, 1.165) is 4.47 Å². The molecule has 0 aliphatic rings. The van der Waals surface area contributed by atoms with Gasteiger partial charge in [-0.15, -0.1) is 0 Å². The molecule has 5 nitrogen and oxygen atoms in total. The lowest BCUT2D eigenvalue weighted by Gasteiger charge is -1.99. The minimum absolute atomic E-state index is 0.361. The number of imidazole rings is 1. The van der Waals surface area contributed by atoms with Crippen LogP contribution in [0, 0.1) is 0 Å². The average molecular weight is 255 g/mol. The van der Waals surface area contributed by atoms with Gasteiger partial charge in [-0.2, -0.15) is 0 Å². The molecule has 1 amide bonds. The second-order valence-corrected chi connectivity index (χ2v) is 3.61. The minimum Gasteiger partial charge on any atom is -0.295 e. The van der Waals surface area contributed by atoms with Crippen LogP contribution in [0.3, 0.4) is 0 Å². The third-order valence-electron chi connectivity index (χ3n) is 1.84. The van der Waals surface area contributed by atoms with E-state index in [1.807, 2.05) is 12.1 Å². The molecule has 0 fully saturated rings. The molecule has 0 saturated carbocycles. The number of pyridine rings is 1. The first-order valence-corrected chi connectivity index (χ1v) is 4.65. The van der Waals surface area contributed by atoms with Gasteiger partial charge < -0.3 is 0 Å². The maximum Gasteiger partial charge on any atom is 0.283 e. The standard InChI is InChI=1S/C8H7BrN4O/c9-5-1-2-13-6(8(14)12-10)4-11-7(13)3-5/h1-4H,10H2,(H,12,14). The monoisotopic (exact) mass is 254 g/mol. The summed E-state index contributed by atoms with van der Waals surface area (Å²) < 4.78 is 2.57. The van der Waals surface area contributed by atoms with Gasteiger partial charge in [-0.05, 0) is 12.1 Å². The van der Waals surface area contributed by atoms with E-state index < -0.39 is 0 Å². The zero-order chi connectivity index (χ0) is 10.1. The highest BCUT2D eigenvalue weighted by atomic mass is 79.9. The molecule has 0 saturated heterocycles. The van der Waals surface area contributed by atoms with Gasteiger partial charge in [0, 0.05) is 10.7 Å². The average Bonchev–Trinajstić information content (AvgIpc) is 2.59. The molecule has 0 aliphatic carbocycles. The van der Waals surface area contributed by atoms with Crippen molar-refractivity contribution in [3.8, 4) is 0 Å². The molecule has 0 spiro atoms. The van der Waals surface area contributed by atoms with Crippen LogP contribution in [0.25, 0.3) is 5.65 Å². The Kier molecular flexibility index (Phi) is 2.22. The van der Waals surface area contributed by atoms with Crippen molar-refractivity contribution in [2.75, 3.05) is 0 Å². The Morgan fingerprint density at radius 1 is 1.64 bits per heavy atom. The first-order chi connectivity index (χ1) is 6.72. The SMILES string of the molecule is NNC(=O)c1cnc2cc(Br)ccn12. The number of amides is 1. The van der Waals surface area contributed by atoms with Crippen LogP contribution in [0.15, 0.2) is 29.0 Å². The normalized spacial score (nSPS) is 10.4. The molecule has 0 radical (unpaired) electrons. The van der Waals surface area contributed by atoms with Gasteiger partial charge in [0.1, 0.15) is 11.3 Å². The van der Waals surface area contributed by atoms with E-state index in [1.165, 1.54) is 6.20 Å². The Labute approximate surface area is 88.0 Å². The van der Waals surface area contributed by atoms with Gasteiger partial charge in [-0.25, -0.2) is 10.8 Å². The number of hydrogen-bond acceptors (Lipinski definition) is 3. The molecule has 2 rings (SSSR count). The number of aromatic nitrogens is 2. The molecule has 0 atom stereocenters. The highest BCUT2D eigenvalue weighted by molar-refractivity contribution is 9.10. The summed E-state index contributed by atoms with van der Waals surface area (Å²) in [6, 6.07) is 3.63. The molecule has 0 bridgehead atoms. The summed E-state index contributed by atoms with van der Waals surface area (Å²) in [4.78, 5) is 15.3. The topological polar surface area (TPSA) is 72.4 Å². The second kappa shape index (κ2) is 3.39. The fourth-order valence-electron chi connectivity index (χ4n) is 1.20. The Hall–Kier alpha value is -1.40. The van der Waals surface area contributed by atoms with Crippen molar-refractivity contribution in [1.82, 2.24) is 14.8 Å². The summed E-state index contributed by atoms with van der Waals surface area (Å²) in [7, 11) is 0. The van der Waals surface area contributed by atoms with Gasteiger partial charge in [0.2, 0.25) is 0 Å². The van der Waals surface area contributed by atoms with Crippen LogP contribution in [0.4, 0.5) is 0 Å². The summed E-state index contributed by atoms with van der Waals surface area (Å²) in [5.74, 6) is 4.67. The quantitative estimate of drug-likeness (QED) is 0.447. The van der Waals surface area contributed by atoms with Crippen molar-refractivity contribution < 1.29 is 4.79 Å². The van der Waals surface area contributed by atoms with Crippen LogP contribution in [0.1, 0.15) is 10.5 Å². The molecule has 6 heteroatoms. The van der Waals surface area contributed by atoms with Crippen molar-refractivity contribution in [1.29, 1.82) is 0 Å². The smallest absolute Gasteiger partial charge is 0.283 e. The number of hydrazine groups is 1. The second-order valence-electron chi connectivity index (χ2n) is 2.69. The van der Waals surface area contributed by atoms with Gasteiger partial charge in [0.25, 0.3) is 5.91 Å². The maximum atomic E-state index is 11.3. The van der Waals surface area contributed by atoms with Gasteiger partial charge in [0.05, 0.1) is 6.20 Å². The largest absolute Gasteiger partial charge is 0.295 e. The number of carbonyl (C=O) groups excluding carboxylic acids is 1. The van der Waals surface area contributed by atoms with Crippen LogP contribution in [0.2, 0.25) is 0 Å². The molecule has 2 heterocycles. The number of hydrogen-bond donors (Lipinski definition) is 2. The van der Waals surface area contributed by atoms with E-state index in [1.54, 1.807) is 10.6 Å². The van der Waals surface area contributed by atoms with E-state index in [2.05, 4.69) is 26.3 Å². The molecule has 0 aliphatic heterocycles. The predicted octanol–water partition coefficient (Wildman–Crippen LogP) is 0.700. The van der Waals surface area contributed by atoms with E-state index in [-0.39, 0.29) is 5.91 Å².